The highest BCUT2D eigenvalue weighted by Gasteiger charge is 2.35. The van der Waals surface area contributed by atoms with Crippen LogP contribution in [0, 0.1) is 5.92 Å². The van der Waals surface area contributed by atoms with Crippen LogP contribution in [-0.2, 0) is 9.59 Å². The van der Waals surface area contributed by atoms with Crippen molar-refractivity contribution in [3.63, 3.8) is 0 Å². The van der Waals surface area contributed by atoms with Crippen LogP contribution in [0.2, 0.25) is 0 Å². The number of hydrogen-bond donors (Lipinski definition) is 2. The zero-order valence-electron chi connectivity index (χ0n) is 16.0. The molecule has 1 aliphatic heterocycles. The fourth-order valence-electron chi connectivity index (χ4n) is 3.86. The van der Waals surface area contributed by atoms with E-state index >= 15 is 0 Å². The molecular weight excluding hydrogens is 350 g/mol. The molecule has 2 N–H and O–H groups in total. The molecule has 28 heavy (non-hydrogen) atoms. The molecule has 1 saturated carbocycles. The molecule has 5 heteroatoms. The third-order valence-electron chi connectivity index (χ3n) is 5.59. The molecule has 2 aromatic rings. The Labute approximate surface area is 166 Å². The molecule has 2 aliphatic rings. The van der Waals surface area contributed by atoms with Gasteiger partial charge in [-0.25, -0.2) is 0 Å². The van der Waals surface area contributed by atoms with Crippen molar-refractivity contribution in [3.05, 3.63) is 66.2 Å². The minimum Gasteiger partial charge on any atom is -0.352 e. The van der Waals surface area contributed by atoms with E-state index in [9.17, 15) is 9.59 Å². The lowest BCUT2D eigenvalue weighted by molar-refractivity contribution is -0.128. The third kappa shape index (κ3) is 4.60. The summed E-state index contributed by atoms with van der Waals surface area (Å²) < 4.78 is 0. The van der Waals surface area contributed by atoms with Gasteiger partial charge in [0.1, 0.15) is 6.04 Å². The highest BCUT2D eigenvalue weighted by atomic mass is 16.2. The third-order valence-corrected chi connectivity index (χ3v) is 5.59. The fraction of sp³-hybridized carbons (Fsp3) is 0.391. The number of rotatable bonds is 6. The van der Waals surface area contributed by atoms with Crippen LogP contribution >= 0.6 is 0 Å². The van der Waals surface area contributed by atoms with Gasteiger partial charge in [0, 0.05) is 17.6 Å². The number of benzene rings is 2. The van der Waals surface area contributed by atoms with Crippen molar-refractivity contribution in [2.75, 3.05) is 18.4 Å². The molecule has 2 amide bonds. The molecule has 1 heterocycles. The zero-order valence-corrected chi connectivity index (χ0v) is 16.0. The van der Waals surface area contributed by atoms with E-state index in [1.165, 1.54) is 0 Å². The maximum Gasteiger partial charge on any atom is 0.242 e. The maximum atomic E-state index is 12.9. The van der Waals surface area contributed by atoms with Gasteiger partial charge in [-0.1, -0.05) is 48.5 Å². The number of carbonyl (C=O) groups excluding carboxylic acids is 2. The van der Waals surface area contributed by atoms with E-state index < -0.39 is 0 Å². The van der Waals surface area contributed by atoms with Crippen LogP contribution in [0.1, 0.15) is 37.3 Å². The summed E-state index contributed by atoms with van der Waals surface area (Å²) in [6.07, 6.45) is 3.68. The van der Waals surface area contributed by atoms with Crippen LogP contribution < -0.4 is 10.6 Å². The molecule has 1 saturated heterocycles. The van der Waals surface area contributed by atoms with E-state index in [4.69, 9.17) is 0 Å². The Bertz CT molecular complexity index is 797. The smallest absolute Gasteiger partial charge is 0.242 e. The van der Waals surface area contributed by atoms with E-state index in [1.807, 2.05) is 60.7 Å². The molecule has 146 valence electrons. The highest BCUT2D eigenvalue weighted by Crippen LogP contribution is 2.29. The average molecular weight is 377 g/mol. The number of amides is 2. The minimum atomic E-state index is -0.278. The first kappa shape index (κ1) is 18.7. The highest BCUT2D eigenvalue weighted by molar-refractivity contribution is 5.92. The van der Waals surface area contributed by atoms with Crippen molar-refractivity contribution in [2.24, 2.45) is 5.92 Å². The Morgan fingerprint density at radius 2 is 1.46 bits per heavy atom. The van der Waals surface area contributed by atoms with E-state index in [0.29, 0.717) is 6.04 Å². The summed E-state index contributed by atoms with van der Waals surface area (Å²) in [5.41, 5.74) is 1.86. The largest absolute Gasteiger partial charge is 0.352 e. The molecule has 1 aliphatic carbocycles. The van der Waals surface area contributed by atoms with E-state index in [0.717, 1.165) is 50.0 Å². The van der Waals surface area contributed by atoms with E-state index in [2.05, 4.69) is 15.5 Å². The summed E-state index contributed by atoms with van der Waals surface area (Å²) in [6, 6.07) is 19.6. The van der Waals surface area contributed by atoms with Gasteiger partial charge in [-0.05, 0) is 56.5 Å². The molecule has 0 bridgehead atoms. The molecule has 1 atom stereocenters. The Morgan fingerprint density at radius 1 is 0.857 bits per heavy atom. The molecule has 0 spiro atoms. The number of nitrogens with zero attached hydrogens (tertiary/aromatic N) is 1. The molecule has 2 fully saturated rings. The molecule has 0 aromatic heterocycles. The maximum absolute atomic E-state index is 12.9. The van der Waals surface area contributed by atoms with Crippen LogP contribution in [0.3, 0.4) is 0 Å². The first-order valence-corrected chi connectivity index (χ1v) is 10.2. The van der Waals surface area contributed by atoms with Gasteiger partial charge in [-0.15, -0.1) is 0 Å². The standard InChI is InChI=1S/C23H27N3O2/c27-22(24-19-9-5-2-6-10-19)18-13-15-26(16-14-18)21(17-7-3-1-4-8-17)23(28)25-20-11-12-20/h1-10,18,20-21H,11-16H2,(H,24,27)(H,25,28). The quantitative estimate of drug-likeness (QED) is 0.811. The Balaban J connectivity index is 1.39. The first-order valence-electron chi connectivity index (χ1n) is 10.2. The van der Waals surface area contributed by atoms with Gasteiger partial charge in [-0.3, -0.25) is 14.5 Å². The number of likely N-dealkylation sites (tertiary alicyclic amines) is 1. The van der Waals surface area contributed by atoms with Gasteiger partial charge in [0.05, 0.1) is 0 Å². The molecule has 1 unspecified atom stereocenters. The molecular formula is C23H27N3O2. The summed E-state index contributed by atoms with van der Waals surface area (Å²) >= 11 is 0. The zero-order chi connectivity index (χ0) is 19.3. The molecule has 2 aromatic carbocycles. The number of nitrogens with one attached hydrogen (secondary N) is 2. The number of carbonyl (C=O) groups is 2. The second-order valence-electron chi connectivity index (χ2n) is 7.76. The summed E-state index contributed by atoms with van der Waals surface area (Å²) in [5.74, 6) is 0.143. The molecule has 4 rings (SSSR count). The topological polar surface area (TPSA) is 61.4 Å². The van der Waals surface area contributed by atoms with Crippen LogP contribution in [0.15, 0.2) is 60.7 Å². The van der Waals surface area contributed by atoms with Crippen molar-refractivity contribution in [3.8, 4) is 0 Å². The van der Waals surface area contributed by atoms with Gasteiger partial charge < -0.3 is 10.6 Å². The van der Waals surface area contributed by atoms with Crippen molar-refractivity contribution < 1.29 is 9.59 Å². The predicted octanol–water partition coefficient (Wildman–Crippen LogP) is 3.36. The second kappa shape index (κ2) is 8.57. The van der Waals surface area contributed by atoms with Gasteiger partial charge >= 0.3 is 0 Å². The second-order valence-corrected chi connectivity index (χ2v) is 7.76. The van der Waals surface area contributed by atoms with E-state index in [1.54, 1.807) is 0 Å². The predicted molar refractivity (Wildman–Crippen MR) is 110 cm³/mol. The summed E-state index contributed by atoms with van der Waals surface area (Å²) in [6.45, 7) is 1.48. The number of para-hydroxylation sites is 1. The summed E-state index contributed by atoms with van der Waals surface area (Å²) in [4.78, 5) is 27.7. The lowest BCUT2D eigenvalue weighted by Gasteiger charge is -2.36. The van der Waals surface area contributed by atoms with E-state index in [-0.39, 0.29) is 23.8 Å². The number of piperidine rings is 1. The monoisotopic (exact) mass is 377 g/mol. The van der Waals surface area contributed by atoms with Crippen LogP contribution in [0.4, 0.5) is 5.69 Å². The van der Waals surface area contributed by atoms with Crippen LogP contribution in [-0.4, -0.2) is 35.8 Å². The van der Waals surface area contributed by atoms with Crippen molar-refractivity contribution in [2.45, 2.75) is 37.8 Å². The van der Waals surface area contributed by atoms with Gasteiger partial charge in [0.25, 0.3) is 0 Å². The fourth-order valence-corrected chi connectivity index (χ4v) is 3.86. The Morgan fingerprint density at radius 3 is 2.07 bits per heavy atom. The lowest BCUT2D eigenvalue weighted by atomic mass is 9.93. The van der Waals surface area contributed by atoms with Gasteiger partial charge in [0.2, 0.25) is 11.8 Å². The molecule has 0 radical (unpaired) electrons. The van der Waals surface area contributed by atoms with Crippen molar-refractivity contribution in [1.82, 2.24) is 10.2 Å². The minimum absolute atomic E-state index is 0.0145. The summed E-state index contributed by atoms with van der Waals surface area (Å²) in [5, 5.41) is 6.16. The Hall–Kier alpha value is -2.66. The van der Waals surface area contributed by atoms with Crippen molar-refractivity contribution >= 4 is 17.5 Å². The molecule has 5 nitrogen and oxygen atoms in total. The first-order chi connectivity index (χ1) is 13.7. The SMILES string of the molecule is O=C(Nc1ccccc1)C1CCN(C(C(=O)NC2CC2)c2ccccc2)CC1. The Kier molecular flexibility index (Phi) is 5.72. The number of hydrogen-bond acceptors (Lipinski definition) is 3. The number of anilines is 1. The van der Waals surface area contributed by atoms with Crippen LogP contribution in [0.5, 0.6) is 0 Å². The lowest BCUT2D eigenvalue weighted by Crippen LogP contribution is -2.46. The summed E-state index contributed by atoms with van der Waals surface area (Å²) in [7, 11) is 0. The van der Waals surface area contributed by atoms with Crippen LogP contribution in [0.25, 0.3) is 0 Å². The average Bonchev–Trinajstić information content (AvgIpc) is 3.54. The van der Waals surface area contributed by atoms with Gasteiger partial charge in [-0.2, -0.15) is 0 Å². The van der Waals surface area contributed by atoms with Crippen molar-refractivity contribution in [1.29, 1.82) is 0 Å². The normalized spacial score (nSPS) is 19.0. The van der Waals surface area contributed by atoms with Gasteiger partial charge in [0.15, 0.2) is 0 Å².